The van der Waals surface area contributed by atoms with Crippen molar-refractivity contribution in [3.8, 4) is 0 Å². The van der Waals surface area contributed by atoms with Crippen LogP contribution in [0.2, 0.25) is 0 Å². The van der Waals surface area contributed by atoms with Gasteiger partial charge >= 0.3 is 5.97 Å². The Hall–Kier alpha value is -2.00. The molecule has 9 heteroatoms. The van der Waals surface area contributed by atoms with Gasteiger partial charge in [-0.3, -0.25) is 9.78 Å². The molecule has 1 amide bonds. The first-order valence-corrected chi connectivity index (χ1v) is 9.97. The van der Waals surface area contributed by atoms with Crippen molar-refractivity contribution in [1.82, 2.24) is 14.2 Å². The Morgan fingerprint density at radius 3 is 2.72 bits per heavy atom. The third-order valence-corrected chi connectivity index (χ3v) is 6.04. The normalized spacial score (nSPS) is 21.0. The number of amides is 1. The minimum Gasteiger partial charge on any atom is -0.467 e. The molecule has 0 bridgehead atoms. The summed E-state index contributed by atoms with van der Waals surface area (Å²) in [7, 11) is -1.98. The number of ether oxygens (including phenoxy) is 1. The fraction of sp³-hybridized carbons (Fsp3) is 0.562. The molecule has 0 N–H and O–H groups in total. The Labute approximate surface area is 146 Å². The van der Waals surface area contributed by atoms with Crippen molar-refractivity contribution in [1.29, 1.82) is 0 Å². The predicted octanol–water partition coefficient (Wildman–Crippen LogP) is 0.177. The van der Waals surface area contributed by atoms with Crippen molar-refractivity contribution < 1.29 is 22.7 Å². The molecule has 0 spiro atoms. The highest BCUT2D eigenvalue weighted by Gasteiger charge is 2.37. The first-order chi connectivity index (χ1) is 11.8. The maximum absolute atomic E-state index is 13.0. The molecule has 0 aromatic carbocycles. The van der Waals surface area contributed by atoms with Crippen LogP contribution < -0.4 is 0 Å². The molecule has 8 nitrogen and oxygen atoms in total. The van der Waals surface area contributed by atoms with Crippen LogP contribution in [-0.2, 0) is 32.5 Å². The zero-order valence-electron chi connectivity index (χ0n) is 14.3. The molecule has 1 fully saturated rings. The van der Waals surface area contributed by atoms with E-state index < -0.39 is 22.0 Å². The van der Waals surface area contributed by atoms with Crippen molar-refractivity contribution in [2.75, 3.05) is 26.5 Å². The number of hydrogen-bond donors (Lipinski definition) is 0. The van der Waals surface area contributed by atoms with Crippen molar-refractivity contribution >= 4 is 21.9 Å². The number of sulfonamides is 1. The number of hydrogen-bond acceptors (Lipinski definition) is 6. The first-order valence-electron chi connectivity index (χ1n) is 8.12. The highest BCUT2D eigenvalue weighted by Crippen LogP contribution is 2.27. The molecule has 1 unspecified atom stereocenters. The number of rotatable bonds is 3. The smallest absolute Gasteiger partial charge is 0.328 e. The van der Waals surface area contributed by atoms with E-state index in [9.17, 15) is 18.0 Å². The summed E-state index contributed by atoms with van der Waals surface area (Å²) < 4.78 is 29.7. The second-order valence-corrected chi connectivity index (χ2v) is 8.33. The van der Waals surface area contributed by atoms with Gasteiger partial charge in [-0.25, -0.2) is 13.2 Å². The lowest BCUT2D eigenvalue weighted by Gasteiger charge is -2.29. The van der Waals surface area contributed by atoms with Crippen molar-refractivity contribution in [3.05, 3.63) is 29.1 Å². The summed E-state index contributed by atoms with van der Waals surface area (Å²) in [6.07, 6.45) is 6.06. The van der Waals surface area contributed by atoms with Gasteiger partial charge in [-0.1, -0.05) is 0 Å². The summed E-state index contributed by atoms with van der Waals surface area (Å²) in [6, 6.07) is -0.565. The molecule has 3 rings (SSSR count). The van der Waals surface area contributed by atoms with Crippen molar-refractivity contribution in [2.24, 2.45) is 0 Å². The van der Waals surface area contributed by atoms with Gasteiger partial charge in [0.2, 0.25) is 10.0 Å². The summed E-state index contributed by atoms with van der Waals surface area (Å²) in [5, 5.41) is 0. The van der Waals surface area contributed by atoms with Gasteiger partial charge in [0.25, 0.3) is 5.91 Å². The largest absolute Gasteiger partial charge is 0.467 e. The molecule has 2 aliphatic heterocycles. The number of methoxy groups -OCH3 is 1. The Morgan fingerprint density at radius 1 is 1.28 bits per heavy atom. The SMILES string of the molecule is COC(=O)C1CCCN1C(=O)c1cncc2c1CCN(S(C)(=O)=O)C2. The molecule has 1 saturated heterocycles. The van der Waals surface area contributed by atoms with Gasteiger partial charge in [-0.2, -0.15) is 4.31 Å². The molecule has 25 heavy (non-hydrogen) atoms. The van der Waals surface area contributed by atoms with E-state index in [1.807, 2.05) is 0 Å². The van der Waals surface area contributed by atoms with Crippen LogP contribution in [0.25, 0.3) is 0 Å². The molecule has 136 valence electrons. The van der Waals surface area contributed by atoms with E-state index in [1.54, 1.807) is 6.20 Å². The Bertz CT molecular complexity index is 808. The van der Waals surface area contributed by atoms with Gasteiger partial charge in [-0.05, 0) is 30.4 Å². The number of carbonyl (C=O) groups is 2. The van der Waals surface area contributed by atoms with E-state index in [0.29, 0.717) is 31.5 Å². The van der Waals surface area contributed by atoms with Gasteiger partial charge in [-0.15, -0.1) is 0 Å². The molecule has 1 aromatic heterocycles. The Kier molecular flexibility index (Phi) is 4.79. The molecule has 1 atom stereocenters. The molecule has 2 aliphatic rings. The summed E-state index contributed by atoms with van der Waals surface area (Å²) in [5.74, 6) is -0.656. The van der Waals surface area contributed by atoms with E-state index in [4.69, 9.17) is 4.74 Å². The van der Waals surface area contributed by atoms with Gasteiger partial charge in [0.1, 0.15) is 6.04 Å². The third kappa shape index (κ3) is 3.38. The molecule has 1 aromatic rings. The zero-order chi connectivity index (χ0) is 18.2. The van der Waals surface area contributed by atoms with Crippen LogP contribution in [0.5, 0.6) is 0 Å². The minimum absolute atomic E-state index is 0.211. The molecular weight excluding hydrogens is 346 g/mol. The summed E-state index contributed by atoms with van der Waals surface area (Å²) in [4.78, 5) is 30.5. The third-order valence-electron chi connectivity index (χ3n) is 4.79. The van der Waals surface area contributed by atoms with Crippen molar-refractivity contribution in [2.45, 2.75) is 31.8 Å². The Morgan fingerprint density at radius 2 is 2.04 bits per heavy atom. The molecule has 0 saturated carbocycles. The lowest BCUT2D eigenvalue weighted by atomic mass is 9.97. The summed E-state index contributed by atoms with van der Waals surface area (Å²) in [6.45, 7) is 1.04. The lowest BCUT2D eigenvalue weighted by Crippen LogP contribution is -2.42. The second-order valence-electron chi connectivity index (χ2n) is 6.35. The van der Waals surface area contributed by atoms with Crippen LogP contribution in [-0.4, -0.2) is 67.0 Å². The number of aromatic nitrogens is 1. The Balaban J connectivity index is 1.89. The average molecular weight is 367 g/mol. The zero-order valence-corrected chi connectivity index (χ0v) is 15.1. The number of pyridine rings is 1. The number of nitrogens with zero attached hydrogens (tertiary/aromatic N) is 3. The number of likely N-dealkylation sites (tertiary alicyclic amines) is 1. The molecular formula is C16H21N3O5S. The maximum atomic E-state index is 13.0. The van der Waals surface area contributed by atoms with Crippen LogP contribution in [0.3, 0.4) is 0 Å². The monoisotopic (exact) mass is 367 g/mol. The number of esters is 1. The van der Waals surface area contributed by atoms with E-state index in [0.717, 1.165) is 17.5 Å². The topological polar surface area (TPSA) is 96.9 Å². The molecule has 0 radical (unpaired) electrons. The van der Waals surface area contributed by atoms with Crippen LogP contribution in [0.1, 0.15) is 34.3 Å². The average Bonchev–Trinajstić information content (AvgIpc) is 3.08. The number of carbonyl (C=O) groups excluding carboxylic acids is 2. The van der Waals surface area contributed by atoms with Crippen LogP contribution in [0, 0.1) is 0 Å². The van der Waals surface area contributed by atoms with E-state index in [2.05, 4.69) is 4.98 Å². The van der Waals surface area contributed by atoms with Gasteiger partial charge in [0.05, 0.1) is 18.9 Å². The van der Waals surface area contributed by atoms with Gasteiger partial charge in [0.15, 0.2) is 0 Å². The predicted molar refractivity (Wildman–Crippen MR) is 89.3 cm³/mol. The highest BCUT2D eigenvalue weighted by molar-refractivity contribution is 7.88. The van der Waals surface area contributed by atoms with E-state index in [-0.39, 0.29) is 12.5 Å². The van der Waals surface area contributed by atoms with Crippen molar-refractivity contribution in [3.63, 3.8) is 0 Å². The van der Waals surface area contributed by atoms with Gasteiger partial charge < -0.3 is 9.64 Å². The second kappa shape index (κ2) is 6.72. The highest BCUT2D eigenvalue weighted by atomic mass is 32.2. The quantitative estimate of drug-likeness (QED) is 0.707. The molecule has 0 aliphatic carbocycles. The van der Waals surface area contributed by atoms with Crippen LogP contribution >= 0.6 is 0 Å². The summed E-state index contributed by atoms with van der Waals surface area (Å²) >= 11 is 0. The van der Waals surface area contributed by atoms with Crippen LogP contribution in [0.15, 0.2) is 12.4 Å². The first kappa shape index (κ1) is 17.8. The molecule has 3 heterocycles. The fourth-order valence-electron chi connectivity index (χ4n) is 3.48. The maximum Gasteiger partial charge on any atom is 0.328 e. The lowest BCUT2D eigenvalue weighted by molar-refractivity contribution is -0.145. The number of fused-ring (bicyclic) bond motifs is 1. The standard InChI is InChI=1S/C16H21N3O5S/c1-24-16(21)14-4-3-6-19(14)15(20)13-9-17-8-11-10-18(25(2,22)23)7-5-12(11)13/h8-9,14H,3-7,10H2,1-2H3. The summed E-state index contributed by atoms with van der Waals surface area (Å²) in [5.41, 5.74) is 1.99. The van der Waals surface area contributed by atoms with Gasteiger partial charge in [0, 0.05) is 32.0 Å². The van der Waals surface area contributed by atoms with Crippen LogP contribution in [0.4, 0.5) is 0 Å². The fourth-order valence-corrected chi connectivity index (χ4v) is 4.28. The van der Waals surface area contributed by atoms with E-state index >= 15 is 0 Å². The van der Waals surface area contributed by atoms with E-state index in [1.165, 1.54) is 28.8 Å². The minimum atomic E-state index is -3.29.